The Labute approximate surface area is 219 Å². The number of nitrogens with zero attached hydrogens (tertiary/aromatic N) is 5. The smallest absolute Gasteiger partial charge is 0.437 e. The Kier molecular flexibility index (Phi) is 6.64. The van der Waals surface area contributed by atoms with Crippen LogP contribution in [-0.4, -0.2) is 25.9 Å². The number of nitriles is 1. The number of ether oxygens (including phenoxy) is 3. The number of imidazole rings is 1. The maximum atomic E-state index is 12.7. The second kappa shape index (κ2) is 10.2. The number of nitrogens with two attached hydrogens (primary N) is 1. The van der Waals surface area contributed by atoms with Gasteiger partial charge in [-0.05, 0) is 36.8 Å². The first-order chi connectivity index (χ1) is 18.7. The summed E-state index contributed by atoms with van der Waals surface area (Å²) in [7, 11) is 0. The molecule has 0 radical (unpaired) electrons. The third kappa shape index (κ3) is 5.83. The molecule has 5 rings (SSSR count). The van der Waals surface area contributed by atoms with Crippen LogP contribution in [0.2, 0.25) is 0 Å². The largest absolute Gasteiger partial charge is 0.573 e. The first kappa shape index (κ1) is 25.3. The van der Waals surface area contributed by atoms with Crippen molar-refractivity contribution in [3.8, 4) is 35.2 Å². The Balaban J connectivity index is 1.60. The van der Waals surface area contributed by atoms with Crippen molar-refractivity contribution in [2.75, 3.05) is 5.73 Å². The molecule has 0 bridgehead atoms. The molecule has 39 heavy (non-hydrogen) atoms. The van der Waals surface area contributed by atoms with E-state index in [0.29, 0.717) is 23.6 Å². The van der Waals surface area contributed by atoms with E-state index in [1.807, 2.05) is 41.0 Å². The Bertz CT molecular complexity index is 1700. The van der Waals surface area contributed by atoms with Crippen molar-refractivity contribution in [2.45, 2.75) is 19.8 Å². The number of hydrogen-bond acceptors (Lipinski definition) is 8. The standard InChI is InChI=1S/C27H19F3N6O3/c1-16-33-23-24(36(16)15-17-6-3-2-4-7-17)34-26(38-22-12-18(14-31)10-11-21(22)32)35-25(23)37-19-8-5-9-20(13-19)39-27(28,29)30/h2-13H,15,32H2,1H3. The molecule has 0 aliphatic heterocycles. The monoisotopic (exact) mass is 532 g/mol. The molecule has 2 heterocycles. The molecule has 0 spiro atoms. The van der Waals surface area contributed by atoms with Crippen LogP contribution in [-0.2, 0) is 6.54 Å². The highest BCUT2D eigenvalue weighted by Crippen LogP contribution is 2.34. The molecule has 2 aromatic heterocycles. The van der Waals surface area contributed by atoms with Crippen LogP contribution in [0, 0.1) is 18.3 Å². The zero-order valence-electron chi connectivity index (χ0n) is 20.3. The van der Waals surface area contributed by atoms with Gasteiger partial charge in [-0.2, -0.15) is 15.2 Å². The van der Waals surface area contributed by atoms with Crippen molar-refractivity contribution in [2.24, 2.45) is 0 Å². The van der Waals surface area contributed by atoms with Gasteiger partial charge in [0.2, 0.25) is 0 Å². The van der Waals surface area contributed by atoms with E-state index in [0.717, 1.165) is 17.7 Å². The number of benzene rings is 3. The molecule has 0 saturated heterocycles. The van der Waals surface area contributed by atoms with Crippen LogP contribution in [0.4, 0.5) is 18.9 Å². The topological polar surface area (TPSA) is 121 Å². The molecule has 3 aromatic carbocycles. The van der Waals surface area contributed by atoms with Gasteiger partial charge in [-0.1, -0.05) is 36.4 Å². The zero-order valence-corrected chi connectivity index (χ0v) is 20.3. The molecule has 196 valence electrons. The van der Waals surface area contributed by atoms with Crippen LogP contribution < -0.4 is 19.9 Å². The fourth-order valence-electron chi connectivity index (χ4n) is 3.77. The first-order valence-electron chi connectivity index (χ1n) is 11.5. The van der Waals surface area contributed by atoms with Crippen LogP contribution in [0.15, 0.2) is 72.8 Å². The molecule has 0 fully saturated rings. The summed E-state index contributed by atoms with van der Waals surface area (Å²) in [6, 6.07) is 20.9. The van der Waals surface area contributed by atoms with Crippen LogP contribution in [0.25, 0.3) is 11.2 Å². The molecule has 0 atom stereocenters. The summed E-state index contributed by atoms with van der Waals surface area (Å²) in [5.74, 6) is 0.220. The molecule has 5 aromatic rings. The van der Waals surface area contributed by atoms with Gasteiger partial charge in [0.25, 0.3) is 5.88 Å². The van der Waals surface area contributed by atoms with Crippen molar-refractivity contribution in [1.29, 1.82) is 5.26 Å². The molecule has 2 N–H and O–H groups in total. The maximum Gasteiger partial charge on any atom is 0.573 e. The molecular formula is C27H19F3N6O3. The van der Waals surface area contributed by atoms with Gasteiger partial charge in [0.1, 0.15) is 17.3 Å². The summed E-state index contributed by atoms with van der Waals surface area (Å²) in [5.41, 5.74) is 8.17. The number of anilines is 1. The van der Waals surface area contributed by atoms with Crippen LogP contribution in [0.3, 0.4) is 0 Å². The molecule has 12 heteroatoms. The second-order valence-electron chi connectivity index (χ2n) is 8.31. The lowest BCUT2D eigenvalue weighted by Crippen LogP contribution is -2.17. The van der Waals surface area contributed by atoms with E-state index < -0.39 is 12.1 Å². The van der Waals surface area contributed by atoms with Crippen LogP contribution in [0.1, 0.15) is 17.0 Å². The second-order valence-corrected chi connectivity index (χ2v) is 8.31. The summed E-state index contributed by atoms with van der Waals surface area (Å²) in [6.07, 6.45) is -4.87. The number of aromatic nitrogens is 4. The quantitative estimate of drug-likeness (QED) is 0.249. The molecular weight excluding hydrogens is 513 g/mol. The van der Waals surface area contributed by atoms with Gasteiger partial charge in [0, 0.05) is 12.1 Å². The minimum absolute atomic E-state index is 0.0176. The maximum absolute atomic E-state index is 12.7. The Hall–Kier alpha value is -5.31. The van der Waals surface area contributed by atoms with Crippen molar-refractivity contribution in [3.05, 3.63) is 89.7 Å². The van der Waals surface area contributed by atoms with Gasteiger partial charge < -0.3 is 24.5 Å². The summed E-state index contributed by atoms with van der Waals surface area (Å²) in [5, 5.41) is 9.25. The van der Waals surface area contributed by atoms with E-state index in [9.17, 15) is 18.4 Å². The number of alkyl halides is 3. The van der Waals surface area contributed by atoms with E-state index in [1.165, 1.54) is 30.3 Å². The van der Waals surface area contributed by atoms with Gasteiger partial charge in [-0.15, -0.1) is 13.2 Å². The van der Waals surface area contributed by atoms with E-state index in [-0.39, 0.29) is 34.6 Å². The van der Waals surface area contributed by atoms with Crippen molar-refractivity contribution >= 4 is 16.9 Å². The molecule has 0 saturated carbocycles. The van der Waals surface area contributed by atoms with Gasteiger partial charge in [0.05, 0.1) is 23.9 Å². The number of rotatable bonds is 7. The average molecular weight is 532 g/mol. The van der Waals surface area contributed by atoms with Crippen LogP contribution in [0.5, 0.6) is 29.1 Å². The molecule has 0 aliphatic carbocycles. The lowest BCUT2D eigenvalue weighted by atomic mass is 10.2. The van der Waals surface area contributed by atoms with Gasteiger partial charge >= 0.3 is 12.4 Å². The van der Waals surface area contributed by atoms with Gasteiger partial charge in [0.15, 0.2) is 16.9 Å². The van der Waals surface area contributed by atoms with Gasteiger partial charge in [-0.3, -0.25) is 0 Å². The number of aryl methyl sites for hydroxylation is 1. The predicted molar refractivity (Wildman–Crippen MR) is 134 cm³/mol. The minimum Gasteiger partial charge on any atom is -0.437 e. The van der Waals surface area contributed by atoms with E-state index in [2.05, 4.69) is 19.7 Å². The molecule has 0 amide bonds. The number of halogens is 3. The summed E-state index contributed by atoms with van der Waals surface area (Å²) in [4.78, 5) is 13.4. The molecule has 0 unspecified atom stereocenters. The number of hydrogen-bond donors (Lipinski definition) is 1. The van der Waals surface area contributed by atoms with Crippen molar-refractivity contribution in [3.63, 3.8) is 0 Å². The fourth-order valence-corrected chi connectivity index (χ4v) is 3.77. The van der Waals surface area contributed by atoms with Gasteiger partial charge in [-0.25, -0.2) is 4.98 Å². The average Bonchev–Trinajstić information content (AvgIpc) is 3.20. The minimum atomic E-state index is -4.87. The van der Waals surface area contributed by atoms with Crippen molar-refractivity contribution in [1.82, 2.24) is 19.5 Å². The van der Waals surface area contributed by atoms with E-state index in [1.54, 1.807) is 6.92 Å². The molecule has 9 nitrogen and oxygen atoms in total. The van der Waals surface area contributed by atoms with Crippen LogP contribution >= 0.6 is 0 Å². The van der Waals surface area contributed by atoms with E-state index in [4.69, 9.17) is 15.2 Å². The third-order valence-corrected chi connectivity index (χ3v) is 5.51. The highest BCUT2D eigenvalue weighted by molar-refractivity contribution is 5.78. The number of nitrogen functional groups attached to an aromatic ring is 1. The third-order valence-electron chi connectivity index (χ3n) is 5.51. The Morgan fingerprint density at radius 3 is 2.44 bits per heavy atom. The summed E-state index contributed by atoms with van der Waals surface area (Å²) < 4.78 is 55.8. The summed E-state index contributed by atoms with van der Waals surface area (Å²) >= 11 is 0. The lowest BCUT2D eigenvalue weighted by Gasteiger charge is -2.12. The normalized spacial score (nSPS) is 11.3. The highest BCUT2D eigenvalue weighted by atomic mass is 19.4. The van der Waals surface area contributed by atoms with E-state index >= 15 is 0 Å². The molecule has 0 aliphatic rings. The summed E-state index contributed by atoms with van der Waals surface area (Å²) in [6.45, 7) is 2.20. The zero-order chi connectivity index (χ0) is 27.6. The SMILES string of the molecule is Cc1nc2c(Oc3cccc(OC(F)(F)F)c3)nc(Oc3cc(C#N)ccc3N)nc2n1Cc1ccccc1. The predicted octanol–water partition coefficient (Wildman–Crippen LogP) is 6.12. The first-order valence-corrected chi connectivity index (χ1v) is 11.5. The number of fused-ring (bicyclic) bond motifs is 1. The Morgan fingerprint density at radius 2 is 1.69 bits per heavy atom. The lowest BCUT2D eigenvalue weighted by molar-refractivity contribution is -0.274. The highest BCUT2D eigenvalue weighted by Gasteiger charge is 2.31. The fraction of sp³-hybridized carbons (Fsp3) is 0.111. The Morgan fingerprint density at radius 1 is 0.923 bits per heavy atom. The van der Waals surface area contributed by atoms with Crippen molar-refractivity contribution < 1.29 is 27.4 Å².